The van der Waals surface area contributed by atoms with Crippen LogP contribution in [0.5, 0.6) is 0 Å². The number of hydrogen-bond donors (Lipinski definition) is 1. The molecule has 120 valence electrons. The minimum absolute atomic E-state index is 0.322. The highest BCUT2D eigenvalue weighted by atomic mass is 32.2. The molecular formula is C18H21N3OS. The summed E-state index contributed by atoms with van der Waals surface area (Å²) >= 11 is 1.77. The van der Waals surface area contributed by atoms with E-state index in [4.69, 9.17) is 4.74 Å². The Hall–Kier alpha value is -1.69. The number of fused-ring (bicyclic) bond motifs is 1. The van der Waals surface area contributed by atoms with Gasteiger partial charge in [0.15, 0.2) is 0 Å². The summed E-state index contributed by atoms with van der Waals surface area (Å²) in [6, 6.07) is 19.1. The lowest BCUT2D eigenvalue weighted by Crippen LogP contribution is -2.39. The number of nitrogens with zero attached hydrogens (tertiary/aromatic N) is 2. The predicted molar refractivity (Wildman–Crippen MR) is 97.2 cm³/mol. The van der Waals surface area contributed by atoms with Crippen molar-refractivity contribution in [3.63, 3.8) is 0 Å². The average molecular weight is 327 g/mol. The lowest BCUT2D eigenvalue weighted by atomic mass is 10.2. The molecule has 0 spiro atoms. The smallest absolute Gasteiger partial charge is 0.0784 e. The molecule has 1 saturated heterocycles. The summed E-state index contributed by atoms with van der Waals surface area (Å²) in [4.78, 5) is 0. The molecule has 5 heteroatoms. The van der Waals surface area contributed by atoms with E-state index < -0.39 is 0 Å². The summed E-state index contributed by atoms with van der Waals surface area (Å²) in [5.74, 6) is 0. The minimum Gasteiger partial charge on any atom is -0.376 e. The highest BCUT2D eigenvalue weighted by Gasteiger charge is 2.28. The maximum atomic E-state index is 5.83. The van der Waals surface area contributed by atoms with Gasteiger partial charge in [0.1, 0.15) is 0 Å². The Kier molecular flexibility index (Phi) is 4.41. The maximum absolute atomic E-state index is 5.83. The topological polar surface area (TPSA) is 27.7 Å². The molecule has 2 aliphatic heterocycles. The summed E-state index contributed by atoms with van der Waals surface area (Å²) in [7, 11) is 0. The van der Waals surface area contributed by atoms with Gasteiger partial charge in [-0.05, 0) is 30.7 Å². The van der Waals surface area contributed by atoms with Gasteiger partial charge in [-0.1, -0.05) is 30.3 Å². The Morgan fingerprint density at radius 2 is 1.83 bits per heavy atom. The van der Waals surface area contributed by atoms with Crippen LogP contribution in [0.1, 0.15) is 6.42 Å². The molecule has 2 aromatic carbocycles. The average Bonchev–Trinajstić information content (AvgIpc) is 3.01. The highest BCUT2D eigenvalue weighted by molar-refractivity contribution is 8.02. The molecule has 0 bridgehead atoms. The van der Waals surface area contributed by atoms with Crippen molar-refractivity contribution in [3.8, 4) is 0 Å². The van der Waals surface area contributed by atoms with E-state index in [9.17, 15) is 0 Å². The lowest BCUT2D eigenvalue weighted by Gasteiger charge is -2.26. The molecule has 1 fully saturated rings. The molecule has 2 aromatic rings. The number of para-hydroxylation sites is 3. The Balaban J connectivity index is 1.50. The summed E-state index contributed by atoms with van der Waals surface area (Å²) in [6.07, 6.45) is 1.36. The third kappa shape index (κ3) is 3.17. The number of morpholine rings is 1. The summed E-state index contributed by atoms with van der Waals surface area (Å²) < 4.78 is 10.5. The molecule has 1 atom stereocenters. The first-order valence-electron chi connectivity index (χ1n) is 8.14. The molecule has 4 nitrogen and oxygen atoms in total. The van der Waals surface area contributed by atoms with Crippen LogP contribution in [-0.4, -0.2) is 32.3 Å². The van der Waals surface area contributed by atoms with E-state index >= 15 is 0 Å². The van der Waals surface area contributed by atoms with Crippen molar-refractivity contribution in [2.45, 2.75) is 12.5 Å². The van der Waals surface area contributed by atoms with Crippen LogP contribution in [0.15, 0.2) is 54.6 Å². The van der Waals surface area contributed by atoms with Gasteiger partial charge in [0.05, 0.1) is 41.9 Å². The monoisotopic (exact) mass is 327 g/mol. The van der Waals surface area contributed by atoms with E-state index in [1.807, 2.05) is 0 Å². The van der Waals surface area contributed by atoms with E-state index in [-0.39, 0.29) is 0 Å². The minimum atomic E-state index is 0.322. The van der Waals surface area contributed by atoms with Gasteiger partial charge >= 0.3 is 0 Å². The van der Waals surface area contributed by atoms with Crippen LogP contribution < -0.4 is 13.9 Å². The molecule has 0 amide bonds. The SMILES string of the molecule is c1ccc(N2SN(CCC3CNCCO3)c3ccccc32)cc1. The van der Waals surface area contributed by atoms with E-state index in [0.717, 1.165) is 32.7 Å². The van der Waals surface area contributed by atoms with Crippen molar-refractivity contribution in [2.24, 2.45) is 0 Å². The maximum Gasteiger partial charge on any atom is 0.0784 e. The van der Waals surface area contributed by atoms with Crippen molar-refractivity contribution in [2.75, 3.05) is 34.9 Å². The van der Waals surface area contributed by atoms with Crippen LogP contribution in [0.4, 0.5) is 17.1 Å². The second-order valence-corrected chi connectivity index (χ2v) is 6.76. The molecule has 1 unspecified atom stereocenters. The highest BCUT2D eigenvalue weighted by Crippen LogP contribution is 2.48. The van der Waals surface area contributed by atoms with Gasteiger partial charge in [0.25, 0.3) is 0 Å². The number of nitrogens with one attached hydrogen (secondary N) is 1. The first kappa shape index (κ1) is 14.9. The summed E-state index contributed by atoms with van der Waals surface area (Å²) in [5, 5.41) is 3.40. The quantitative estimate of drug-likeness (QED) is 0.867. The third-order valence-electron chi connectivity index (χ3n) is 4.20. The van der Waals surface area contributed by atoms with Crippen molar-refractivity contribution >= 4 is 29.2 Å². The zero-order valence-corrected chi connectivity index (χ0v) is 13.8. The van der Waals surface area contributed by atoms with Gasteiger partial charge < -0.3 is 10.1 Å². The fraction of sp³-hybridized carbons (Fsp3) is 0.333. The zero-order chi connectivity index (χ0) is 15.5. The molecule has 0 saturated carbocycles. The van der Waals surface area contributed by atoms with E-state index in [1.165, 1.54) is 17.1 Å². The number of anilines is 3. The fourth-order valence-electron chi connectivity index (χ4n) is 3.01. The fourth-order valence-corrected chi connectivity index (χ4v) is 4.10. The zero-order valence-electron chi connectivity index (χ0n) is 13.0. The van der Waals surface area contributed by atoms with Crippen molar-refractivity contribution in [1.82, 2.24) is 5.32 Å². The molecule has 23 heavy (non-hydrogen) atoms. The second kappa shape index (κ2) is 6.83. The van der Waals surface area contributed by atoms with Gasteiger partial charge in [0, 0.05) is 19.6 Å². The van der Waals surface area contributed by atoms with Crippen molar-refractivity contribution in [1.29, 1.82) is 0 Å². The molecular weight excluding hydrogens is 306 g/mol. The van der Waals surface area contributed by atoms with E-state index in [1.54, 1.807) is 12.1 Å². The first-order valence-corrected chi connectivity index (χ1v) is 8.87. The van der Waals surface area contributed by atoms with Gasteiger partial charge in [-0.15, -0.1) is 0 Å². The molecule has 0 aromatic heterocycles. The Bertz CT molecular complexity index is 646. The second-order valence-electron chi connectivity index (χ2n) is 5.79. The first-order chi connectivity index (χ1) is 11.4. The number of rotatable bonds is 4. The largest absolute Gasteiger partial charge is 0.376 e. The number of benzene rings is 2. The van der Waals surface area contributed by atoms with Gasteiger partial charge in [-0.3, -0.25) is 8.61 Å². The molecule has 0 radical (unpaired) electrons. The molecule has 0 aliphatic carbocycles. The molecule has 4 rings (SSSR count). The molecule has 2 heterocycles. The lowest BCUT2D eigenvalue weighted by molar-refractivity contribution is 0.0254. The van der Waals surface area contributed by atoms with Gasteiger partial charge in [-0.25, -0.2) is 0 Å². The van der Waals surface area contributed by atoms with E-state index in [2.05, 4.69) is 68.5 Å². The molecule has 2 aliphatic rings. The summed E-state index contributed by atoms with van der Waals surface area (Å²) in [6.45, 7) is 3.74. The predicted octanol–water partition coefficient (Wildman–Crippen LogP) is 3.59. The van der Waals surface area contributed by atoms with Gasteiger partial charge in [-0.2, -0.15) is 0 Å². The Morgan fingerprint density at radius 3 is 2.61 bits per heavy atom. The van der Waals surface area contributed by atoms with Crippen LogP contribution >= 0.6 is 12.1 Å². The number of hydrogen-bond acceptors (Lipinski definition) is 5. The molecule has 1 N–H and O–H groups in total. The third-order valence-corrected chi connectivity index (χ3v) is 5.35. The van der Waals surface area contributed by atoms with Crippen LogP contribution in [0.3, 0.4) is 0 Å². The van der Waals surface area contributed by atoms with Gasteiger partial charge in [0.2, 0.25) is 0 Å². The Labute approximate surface area is 141 Å². The van der Waals surface area contributed by atoms with Crippen LogP contribution in [0.25, 0.3) is 0 Å². The van der Waals surface area contributed by atoms with Crippen molar-refractivity contribution in [3.05, 3.63) is 54.6 Å². The number of ether oxygens (including phenoxy) is 1. The normalized spacial score (nSPS) is 20.6. The Morgan fingerprint density at radius 1 is 1.04 bits per heavy atom. The van der Waals surface area contributed by atoms with Crippen LogP contribution in [0, 0.1) is 0 Å². The van der Waals surface area contributed by atoms with Crippen molar-refractivity contribution < 1.29 is 4.74 Å². The van der Waals surface area contributed by atoms with Crippen LogP contribution in [0.2, 0.25) is 0 Å². The van der Waals surface area contributed by atoms with Crippen LogP contribution in [-0.2, 0) is 4.74 Å². The summed E-state index contributed by atoms with van der Waals surface area (Å²) in [5.41, 5.74) is 3.75. The van der Waals surface area contributed by atoms with E-state index in [0.29, 0.717) is 6.10 Å². The standard InChI is InChI=1S/C18H21N3OS/c1-2-6-15(7-3-1)21-18-9-5-4-8-17(18)20(23-21)12-10-16-14-19-11-13-22-16/h1-9,16,19H,10-14H2.